The van der Waals surface area contributed by atoms with Gasteiger partial charge in [-0.15, -0.1) is 0 Å². The van der Waals surface area contributed by atoms with Crippen LogP contribution < -0.4 is 10.1 Å². The van der Waals surface area contributed by atoms with E-state index in [1.165, 1.54) is 43.5 Å². The van der Waals surface area contributed by atoms with Crippen LogP contribution in [-0.4, -0.2) is 33.8 Å². The zero-order chi connectivity index (χ0) is 22.0. The number of hydrogen-bond donors (Lipinski definition) is 1. The van der Waals surface area contributed by atoms with Crippen molar-refractivity contribution in [2.45, 2.75) is 32.6 Å². The van der Waals surface area contributed by atoms with E-state index in [0.717, 1.165) is 18.5 Å². The van der Waals surface area contributed by atoms with E-state index >= 15 is 0 Å². The molecule has 1 saturated carbocycles. The molecule has 3 heterocycles. The summed E-state index contributed by atoms with van der Waals surface area (Å²) in [5.74, 6) is 0.666. The number of amides is 1. The third kappa shape index (κ3) is 4.75. The quantitative estimate of drug-likeness (QED) is 0.388. The Morgan fingerprint density at radius 3 is 2.68 bits per heavy atom. The summed E-state index contributed by atoms with van der Waals surface area (Å²) in [6.45, 7) is 1.83. The number of carbonyl (C=O) groups is 2. The lowest BCUT2D eigenvalue weighted by Crippen LogP contribution is -2.15. The summed E-state index contributed by atoms with van der Waals surface area (Å²) in [7, 11) is 1.53. The summed E-state index contributed by atoms with van der Waals surface area (Å²) in [6.07, 6.45) is 8.51. The maximum absolute atomic E-state index is 13.1. The predicted octanol–water partition coefficient (Wildman–Crippen LogP) is 5.20. The Kier molecular flexibility index (Phi) is 6.29. The summed E-state index contributed by atoms with van der Waals surface area (Å²) in [4.78, 5) is 38.5. The van der Waals surface area contributed by atoms with Gasteiger partial charge in [0.05, 0.1) is 29.9 Å². The largest absolute Gasteiger partial charge is 0.494 e. The van der Waals surface area contributed by atoms with Crippen molar-refractivity contribution in [2.75, 3.05) is 12.4 Å². The number of pyridine rings is 2. The van der Waals surface area contributed by atoms with E-state index in [0.29, 0.717) is 44.8 Å². The van der Waals surface area contributed by atoms with Crippen LogP contribution in [0.5, 0.6) is 5.75 Å². The first kappa shape index (κ1) is 21.4. The molecule has 0 bridgehead atoms. The maximum Gasteiger partial charge on any atom is 0.259 e. The van der Waals surface area contributed by atoms with Crippen molar-refractivity contribution in [3.63, 3.8) is 0 Å². The van der Waals surface area contributed by atoms with Crippen LogP contribution in [-0.2, 0) is 0 Å². The molecule has 31 heavy (non-hydrogen) atoms. The number of anilines is 1. The van der Waals surface area contributed by atoms with E-state index in [4.69, 9.17) is 16.3 Å². The van der Waals surface area contributed by atoms with Gasteiger partial charge in [0.2, 0.25) is 0 Å². The number of rotatable bonds is 7. The Labute approximate surface area is 188 Å². The second kappa shape index (κ2) is 9.11. The first-order valence-electron chi connectivity index (χ1n) is 9.91. The number of ether oxygens (including phenoxy) is 1. The third-order valence-electron chi connectivity index (χ3n) is 5.33. The highest BCUT2D eigenvalue weighted by molar-refractivity contribution is 7.17. The van der Waals surface area contributed by atoms with Crippen molar-refractivity contribution in [1.82, 2.24) is 15.0 Å². The maximum atomic E-state index is 13.1. The molecule has 3 aromatic rings. The molecule has 3 aromatic heterocycles. The molecule has 1 aliphatic rings. The van der Waals surface area contributed by atoms with Gasteiger partial charge in [0.25, 0.3) is 5.91 Å². The number of methoxy groups -OCH3 is 1. The molecule has 0 spiro atoms. The van der Waals surface area contributed by atoms with Gasteiger partial charge in [-0.05, 0) is 25.0 Å². The average Bonchev–Trinajstić information content (AvgIpc) is 3.19. The molecule has 1 amide bonds. The summed E-state index contributed by atoms with van der Waals surface area (Å²) in [5, 5.41) is 3.44. The average molecular weight is 457 g/mol. The highest BCUT2D eigenvalue weighted by atomic mass is 35.5. The molecule has 0 aliphatic heterocycles. The number of halogens is 1. The number of carbonyl (C=O) groups excluding carboxylic acids is 2. The van der Waals surface area contributed by atoms with Crippen LogP contribution in [0.15, 0.2) is 30.7 Å². The van der Waals surface area contributed by atoms with Crippen molar-refractivity contribution in [2.24, 2.45) is 5.92 Å². The van der Waals surface area contributed by atoms with Gasteiger partial charge in [-0.1, -0.05) is 42.2 Å². The van der Waals surface area contributed by atoms with E-state index in [9.17, 15) is 9.59 Å². The van der Waals surface area contributed by atoms with Crippen molar-refractivity contribution < 1.29 is 14.3 Å². The second-order valence-electron chi connectivity index (χ2n) is 7.49. The first-order chi connectivity index (χ1) is 14.9. The van der Waals surface area contributed by atoms with Crippen molar-refractivity contribution in [1.29, 1.82) is 0 Å². The van der Waals surface area contributed by atoms with E-state index in [-0.39, 0.29) is 16.8 Å². The van der Waals surface area contributed by atoms with Crippen molar-refractivity contribution >= 4 is 39.8 Å². The van der Waals surface area contributed by atoms with Crippen LogP contribution in [0.3, 0.4) is 0 Å². The second-order valence-corrected chi connectivity index (χ2v) is 8.90. The summed E-state index contributed by atoms with van der Waals surface area (Å²) in [6, 6.07) is 3.44. The normalized spacial score (nSPS) is 13.5. The number of hydrogen-bond acceptors (Lipinski definition) is 7. The minimum absolute atomic E-state index is 0.0801. The highest BCUT2D eigenvalue weighted by Gasteiger charge is 2.23. The minimum atomic E-state index is -0.384. The SMILES string of the molecule is COc1cnc(Cl)cc1-c1cc(C)ncc1C(=O)Nc1ncc(C(=O)CC2CCC2)s1. The monoisotopic (exact) mass is 456 g/mol. The highest BCUT2D eigenvalue weighted by Crippen LogP contribution is 2.35. The standard InChI is InChI=1S/C22H21ClN4O3S/c1-12-6-14(15-8-20(23)25-10-18(15)30-2)16(9-24-12)21(29)27-22-26-11-19(31-22)17(28)7-13-4-3-5-13/h6,8-11,13H,3-5,7H2,1-2H3,(H,26,27,29). The van der Waals surface area contributed by atoms with Gasteiger partial charge in [0.1, 0.15) is 10.9 Å². The minimum Gasteiger partial charge on any atom is -0.494 e. The van der Waals surface area contributed by atoms with Crippen LogP contribution in [0.4, 0.5) is 5.13 Å². The fourth-order valence-electron chi connectivity index (χ4n) is 3.44. The molecule has 0 atom stereocenters. The number of nitrogens with zero attached hydrogens (tertiary/aromatic N) is 3. The Bertz CT molecular complexity index is 1140. The van der Waals surface area contributed by atoms with Crippen molar-refractivity contribution in [3.8, 4) is 16.9 Å². The van der Waals surface area contributed by atoms with Gasteiger partial charge < -0.3 is 4.74 Å². The number of Topliss-reactive ketones (excluding diaryl/α,β-unsaturated/α-hetero) is 1. The smallest absolute Gasteiger partial charge is 0.259 e. The molecule has 160 valence electrons. The molecule has 1 N–H and O–H groups in total. The van der Waals surface area contributed by atoms with Gasteiger partial charge in [-0.3, -0.25) is 19.9 Å². The number of thiazole rings is 1. The van der Waals surface area contributed by atoms with Crippen LogP contribution >= 0.6 is 22.9 Å². The zero-order valence-corrected chi connectivity index (χ0v) is 18.7. The fourth-order valence-corrected chi connectivity index (χ4v) is 4.36. The molecular weight excluding hydrogens is 436 g/mol. The Morgan fingerprint density at radius 1 is 1.16 bits per heavy atom. The molecule has 1 aliphatic carbocycles. The Hall–Kier alpha value is -2.84. The van der Waals surface area contributed by atoms with Crippen LogP contribution in [0.2, 0.25) is 5.15 Å². The lowest BCUT2D eigenvalue weighted by Gasteiger charge is -2.23. The van der Waals surface area contributed by atoms with Gasteiger partial charge in [0.15, 0.2) is 10.9 Å². The van der Waals surface area contributed by atoms with E-state index < -0.39 is 0 Å². The number of aromatic nitrogens is 3. The summed E-state index contributed by atoms with van der Waals surface area (Å²) in [5.41, 5.74) is 2.32. The van der Waals surface area contributed by atoms with Crippen LogP contribution in [0.1, 0.15) is 51.4 Å². The molecule has 7 nitrogen and oxygen atoms in total. The molecule has 0 radical (unpaired) electrons. The number of nitrogens with one attached hydrogen (secondary N) is 1. The third-order valence-corrected chi connectivity index (χ3v) is 6.49. The zero-order valence-electron chi connectivity index (χ0n) is 17.1. The first-order valence-corrected chi connectivity index (χ1v) is 11.1. The molecule has 0 aromatic carbocycles. The number of aryl methyl sites for hydroxylation is 1. The van der Waals surface area contributed by atoms with Gasteiger partial charge >= 0.3 is 0 Å². The van der Waals surface area contributed by atoms with E-state index in [1.807, 2.05) is 6.92 Å². The lowest BCUT2D eigenvalue weighted by atomic mass is 9.82. The molecule has 9 heteroatoms. The van der Waals surface area contributed by atoms with Crippen molar-refractivity contribution in [3.05, 3.63) is 52.0 Å². The summed E-state index contributed by atoms with van der Waals surface area (Å²) >= 11 is 7.27. The van der Waals surface area contributed by atoms with Gasteiger partial charge in [0, 0.05) is 29.4 Å². The molecule has 0 saturated heterocycles. The predicted molar refractivity (Wildman–Crippen MR) is 120 cm³/mol. The van der Waals surface area contributed by atoms with Crippen LogP contribution in [0.25, 0.3) is 11.1 Å². The van der Waals surface area contributed by atoms with E-state index in [1.54, 1.807) is 12.1 Å². The topological polar surface area (TPSA) is 94.1 Å². The Balaban J connectivity index is 1.59. The molecule has 0 unspecified atom stereocenters. The Morgan fingerprint density at radius 2 is 1.97 bits per heavy atom. The van der Waals surface area contributed by atoms with Crippen LogP contribution in [0, 0.1) is 12.8 Å². The number of ketones is 1. The molecule has 4 rings (SSSR count). The fraction of sp³-hybridized carbons (Fsp3) is 0.318. The summed E-state index contributed by atoms with van der Waals surface area (Å²) < 4.78 is 5.40. The molecule has 1 fully saturated rings. The molecular formula is C22H21ClN4O3S. The van der Waals surface area contributed by atoms with Gasteiger partial charge in [-0.2, -0.15) is 0 Å². The van der Waals surface area contributed by atoms with Gasteiger partial charge in [-0.25, -0.2) is 9.97 Å². The lowest BCUT2D eigenvalue weighted by molar-refractivity contribution is 0.0939. The van der Waals surface area contributed by atoms with E-state index in [2.05, 4.69) is 20.3 Å².